The number of rotatable bonds is 1. The molecule has 1 amide bonds. The molecule has 0 aliphatic rings. The Morgan fingerprint density at radius 2 is 2.00 bits per heavy atom. The van der Waals surface area contributed by atoms with Crippen molar-refractivity contribution in [2.75, 3.05) is 11.1 Å². The normalized spacial score (nSPS) is 10.1. The fourth-order valence-corrected chi connectivity index (χ4v) is 1.32. The molecule has 5 nitrogen and oxygen atoms in total. The van der Waals surface area contributed by atoms with Crippen LogP contribution >= 0.6 is 11.6 Å². The van der Waals surface area contributed by atoms with E-state index in [0.717, 1.165) is 4.68 Å². The number of hydrogen-bond donors (Lipinski definition) is 2. The van der Waals surface area contributed by atoms with E-state index in [1.165, 1.54) is 6.20 Å². The van der Waals surface area contributed by atoms with E-state index in [4.69, 9.17) is 17.3 Å². The summed E-state index contributed by atoms with van der Waals surface area (Å²) in [5.74, 6) is 0.284. The molecule has 0 unspecified atom stereocenters. The van der Waals surface area contributed by atoms with Crippen LogP contribution in [0, 0.1) is 0 Å². The van der Waals surface area contributed by atoms with E-state index in [1.807, 2.05) is 0 Å². The highest BCUT2D eigenvalue weighted by atomic mass is 35.5. The van der Waals surface area contributed by atoms with Gasteiger partial charge in [-0.25, -0.2) is 4.79 Å². The van der Waals surface area contributed by atoms with Crippen molar-refractivity contribution in [2.45, 2.75) is 0 Å². The fraction of sp³-hybridized carbons (Fsp3) is 0. The van der Waals surface area contributed by atoms with Crippen LogP contribution in [0.5, 0.6) is 0 Å². The van der Waals surface area contributed by atoms with Crippen LogP contribution in [-0.2, 0) is 0 Å². The van der Waals surface area contributed by atoms with Gasteiger partial charge < -0.3 is 11.1 Å². The Bertz CT molecular complexity index is 506. The number of anilines is 2. The summed E-state index contributed by atoms with van der Waals surface area (Å²) in [6.07, 6.45) is 1.46. The van der Waals surface area contributed by atoms with Gasteiger partial charge in [0.25, 0.3) is 0 Å². The summed E-state index contributed by atoms with van der Waals surface area (Å²) in [6.45, 7) is 0. The lowest BCUT2D eigenvalue weighted by Crippen LogP contribution is -2.22. The summed E-state index contributed by atoms with van der Waals surface area (Å²) in [6, 6.07) is 7.89. The number of nitrogen functional groups attached to an aromatic ring is 1. The minimum Gasteiger partial charge on any atom is -0.383 e. The second-order valence-electron chi connectivity index (χ2n) is 3.10. The number of nitrogens with two attached hydrogens (primary N) is 1. The van der Waals surface area contributed by atoms with Crippen molar-refractivity contribution >= 4 is 29.1 Å². The highest BCUT2D eigenvalue weighted by Gasteiger charge is 2.08. The van der Waals surface area contributed by atoms with E-state index in [-0.39, 0.29) is 5.82 Å². The van der Waals surface area contributed by atoms with Gasteiger partial charge in [0, 0.05) is 16.8 Å². The lowest BCUT2D eigenvalue weighted by Gasteiger charge is -2.05. The van der Waals surface area contributed by atoms with E-state index in [0.29, 0.717) is 10.7 Å². The molecule has 0 saturated carbocycles. The van der Waals surface area contributed by atoms with Gasteiger partial charge in [0.1, 0.15) is 5.82 Å². The Morgan fingerprint density at radius 3 is 2.56 bits per heavy atom. The minimum atomic E-state index is -0.412. The first-order chi connectivity index (χ1) is 7.66. The maximum Gasteiger partial charge on any atom is 0.348 e. The standard InChI is InChI=1S/C10H9ClN4O/c11-7-1-3-8(4-2-7)14-10(16)15-9(12)5-6-13-15/h1-6H,12H2,(H,14,16). The number of carbonyl (C=O) groups is 1. The average molecular weight is 237 g/mol. The van der Waals surface area contributed by atoms with E-state index < -0.39 is 6.03 Å². The van der Waals surface area contributed by atoms with Crippen LogP contribution in [0.25, 0.3) is 0 Å². The number of halogens is 1. The zero-order valence-corrected chi connectivity index (χ0v) is 8.98. The van der Waals surface area contributed by atoms with E-state index >= 15 is 0 Å². The zero-order chi connectivity index (χ0) is 11.5. The smallest absolute Gasteiger partial charge is 0.348 e. The van der Waals surface area contributed by atoms with Crippen molar-refractivity contribution < 1.29 is 4.79 Å². The maximum atomic E-state index is 11.7. The van der Waals surface area contributed by atoms with E-state index in [9.17, 15) is 4.79 Å². The van der Waals surface area contributed by atoms with Crippen LogP contribution in [0.1, 0.15) is 0 Å². The monoisotopic (exact) mass is 236 g/mol. The molecule has 2 rings (SSSR count). The topological polar surface area (TPSA) is 72.9 Å². The lowest BCUT2D eigenvalue weighted by molar-refractivity contribution is 0.251. The van der Waals surface area contributed by atoms with Gasteiger partial charge in [0.05, 0.1) is 6.20 Å². The van der Waals surface area contributed by atoms with Crippen molar-refractivity contribution in [1.29, 1.82) is 0 Å². The quantitative estimate of drug-likeness (QED) is 0.797. The number of hydrogen-bond acceptors (Lipinski definition) is 3. The second kappa shape index (κ2) is 4.24. The molecule has 1 heterocycles. The number of carbonyl (C=O) groups excluding carboxylic acids is 1. The van der Waals surface area contributed by atoms with Crippen molar-refractivity contribution in [3.8, 4) is 0 Å². The van der Waals surface area contributed by atoms with Crippen LogP contribution in [0.15, 0.2) is 36.5 Å². The number of nitrogens with zero attached hydrogens (tertiary/aromatic N) is 2. The van der Waals surface area contributed by atoms with Gasteiger partial charge in [-0.1, -0.05) is 11.6 Å². The molecule has 0 spiro atoms. The van der Waals surface area contributed by atoms with Crippen LogP contribution < -0.4 is 11.1 Å². The zero-order valence-electron chi connectivity index (χ0n) is 8.22. The van der Waals surface area contributed by atoms with Gasteiger partial charge >= 0.3 is 6.03 Å². The summed E-state index contributed by atoms with van der Waals surface area (Å²) in [4.78, 5) is 11.7. The summed E-state index contributed by atoms with van der Waals surface area (Å²) in [5.41, 5.74) is 6.17. The van der Waals surface area contributed by atoms with Gasteiger partial charge in [-0.2, -0.15) is 9.78 Å². The van der Waals surface area contributed by atoms with Crippen LogP contribution in [0.2, 0.25) is 5.02 Å². The Morgan fingerprint density at radius 1 is 1.31 bits per heavy atom. The Balaban J connectivity index is 2.14. The van der Waals surface area contributed by atoms with Crippen LogP contribution in [0.3, 0.4) is 0 Å². The Hall–Kier alpha value is -2.01. The molecule has 1 aromatic carbocycles. The number of benzene rings is 1. The van der Waals surface area contributed by atoms with E-state index in [2.05, 4.69) is 10.4 Å². The predicted molar refractivity (Wildman–Crippen MR) is 62.5 cm³/mol. The maximum absolute atomic E-state index is 11.7. The molecular formula is C10H9ClN4O. The highest BCUT2D eigenvalue weighted by molar-refractivity contribution is 6.30. The molecule has 2 aromatic rings. The molecule has 6 heteroatoms. The van der Waals surface area contributed by atoms with Gasteiger partial charge in [0.15, 0.2) is 0 Å². The molecule has 0 aliphatic heterocycles. The first-order valence-electron chi connectivity index (χ1n) is 4.53. The Kier molecular flexibility index (Phi) is 2.78. The molecule has 0 bridgehead atoms. The fourth-order valence-electron chi connectivity index (χ4n) is 1.19. The van der Waals surface area contributed by atoms with Crippen molar-refractivity contribution in [3.63, 3.8) is 0 Å². The molecule has 3 N–H and O–H groups in total. The summed E-state index contributed by atoms with van der Waals surface area (Å²) in [7, 11) is 0. The number of aromatic nitrogens is 2. The molecule has 0 saturated heterocycles. The first kappa shape index (κ1) is 10.5. The molecule has 1 aromatic heterocycles. The molecule has 0 aliphatic carbocycles. The molecular weight excluding hydrogens is 228 g/mol. The summed E-state index contributed by atoms with van der Waals surface area (Å²) in [5, 5.41) is 7.03. The first-order valence-corrected chi connectivity index (χ1v) is 4.91. The number of nitrogens with one attached hydrogen (secondary N) is 1. The minimum absolute atomic E-state index is 0.284. The third-order valence-electron chi connectivity index (χ3n) is 1.96. The average Bonchev–Trinajstić information content (AvgIpc) is 2.68. The lowest BCUT2D eigenvalue weighted by atomic mass is 10.3. The molecule has 0 fully saturated rings. The Labute approximate surface area is 96.8 Å². The summed E-state index contributed by atoms with van der Waals surface area (Å²) >= 11 is 5.72. The molecule has 16 heavy (non-hydrogen) atoms. The van der Waals surface area contributed by atoms with E-state index in [1.54, 1.807) is 30.3 Å². The SMILES string of the molecule is Nc1ccnn1C(=O)Nc1ccc(Cl)cc1. The second-order valence-corrected chi connectivity index (χ2v) is 3.54. The highest BCUT2D eigenvalue weighted by Crippen LogP contribution is 2.13. The van der Waals surface area contributed by atoms with Crippen molar-refractivity contribution in [2.24, 2.45) is 0 Å². The van der Waals surface area contributed by atoms with Gasteiger partial charge in [-0.15, -0.1) is 0 Å². The summed E-state index contributed by atoms with van der Waals surface area (Å²) < 4.78 is 1.08. The van der Waals surface area contributed by atoms with Crippen LogP contribution in [-0.4, -0.2) is 15.8 Å². The number of amides is 1. The predicted octanol–water partition coefficient (Wildman–Crippen LogP) is 2.20. The van der Waals surface area contributed by atoms with Gasteiger partial charge in [0.2, 0.25) is 0 Å². The van der Waals surface area contributed by atoms with Gasteiger partial charge in [-0.3, -0.25) is 0 Å². The molecule has 82 valence electrons. The largest absolute Gasteiger partial charge is 0.383 e. The van der Waals surface area contributed by atoms with Crippen molar-refractivity contribution in [3.05, 3.63) is 41.6 Å². The van der Waals surface area contributed by atoms with Crippen molar-refractivity contribution in [1.82, 2.24) is 9.78 Å². The van der Waals surface area contributed by atoms with Gasteiger partial charge in [-0.05, 0) is 24.3 Å². The molecule has 0 atom stereocenters. The van der Waals surface area contributed by atoms with Crippen LogP contribution in [0.4, 0.5) is 16.3 Å². The molecule has 0 radical (unpaired) electrons. The third kappa shape index (κ3) is 2.14. The third-order valence-corrected chi connectivity index (χ3v) is 2.21.